The molecule has 0 aromatic heterocycles. The molecule has 0 aliphatic carbocycles. The lowest BCUT2D eigenvalue weighted by Crippen LogP contribution is -2.50. The second kappa shape index (κ2) is 12.2. The van der Waals surface area contributed by atoms with Crippen molar-refractivity contribution >= 4 is 29.9 Å². The molecular formula is C19H32IN3O4. The van der Waals surface area contributed by atoms with E-state index >= 15 is 0 Å². The van der Waals surface area contributed by atoms with Crippen LogP contribution in [0.5, 0.6) is 11.5 Å². The molecule has 0 spiro atoms. The van der Waals surface area contributed by atoms with Crippen LogP contribution in [0.3, 0.4) is 0 Å². The zero-order chi connectivity index (χ0) is 18.8. The molecule has 2 N–H and O–H groups in total. The van der Waals surface area contributed by atoms with Gasteiger partial charge < -0.3 is 29.6 Å². The Balaban J connectivity index is 0.00000364. The smallest absolute Gasteiger partial charge is 0.191 e. The van der Waals surface area contributed by atoms with E-state index in [0.717, 1.165) is 44.1 Å². The van der Waals surface area contributed by atoms with Crippen LogP contribution in [-0.2, 0) is 16.0 Å². The maximum atomic E-state index is 5.77. The Morgan fingerprint density at radius 3 is 2.41 bits per heavy atom. The molecule has 1 aromatic rings. The fraction of sp³-hybridized carbons (Fsp3) is 0.632. The maximum Gasteiger partial charge on any atom is 0.191 e. The van der Waals surface area contributed by atoms with E-state index in [9.17, 15) is 0 Å². The Morgan fingerprint density at radius 2 is 1.81 bits per heavy atom. The highest BCUT2D eigenvalue weighted by Crippen LogP contribution is 2.27. The van der Waals surface area contributed by atoms with Crippen LogP contribution in [0.2, 0.25) is 0 Å². The van der Waals surface area contributed by atoms with Crippen molar-refractivity contribution in [1.82, 2.24) is 10.6 Å². The van der Waals surface area contributed by atoms with Crippen molar-refractivity contribution in [3.8, 4) is 11.5 Å². The number of hydrogen-bond acceptors (Lipinski definition) is 5. The SMILES string of the molecule is CCNC(=NCc1ccc(OC)c(OC)c1)NCC1(OC)CCOCC1.I. The molecule has 1 aliphatic heterocycles. The summed E-state index contributed by atoms with van der Waals surface area (Å²) in [5, 5.41) is 6.69. The quantitative estimate of drug-likeness (QED) is 0.330. The Hall–Kier alpha value is -1.26. The molecule has 27 heavy (non-hydrogen) atoms. The molecule has 154 valence electrons. The number of nitrogens with one attached hydrogen (secondary N) is 2. The van der Waals surface area contributed by atoms with Gasteiger partial charge in [-0.1, -0.05) is 6.07 Å². The summed E-state index contributed by atoms with van der Waals surface area (Å²) in [6, 6.07) is 5.83. The number of methoxy groups -OCH3 is 3. The summed E-state index contributed by atoms with van der Waals surface area (Å²) in [4.78, 5) is 4.68. The molecule has 7 nitrogen and oxygen atoms in total. The second-order valence-corrected chi connectivity index (χ2v) is 6.24. The molecule has 1 aliphatic rings. The summed E-state index contributed by atoms with van der Waals surface area (Å²) >= 11 is 0. The fourth-order valence-corrected chi connectivity index (χ4v) is 2.93. The average molecular weight is 493 g/mol. The van der Waals surface area contributed by atoms with E-state index in [1.165, 1.54) is 0 Å². The standard InChI is InChI=1S/C19H31N3O4.HI/c1-5-20-18(22-14-19(25-4)8-10-26-11-9-19)21-13-15-6-7-16(23-2)17(12-15)24-3;/h6-7,12H,5,8-11,13-14H2,1-4H3,(H2,20,21,22);1H. The highest BCUT2D eigenvalue weighted by molar-refractivity contribution is 14.0. The minimum Gasteiger partial charge on any atom is -0.493 e. The summed E-state index contributed by atoms with van der Waals surface area (Å²) in [5.74, 6) is 2.19. The second-order valence-electron chi connectivity index (χ2n) is 6.24. The molecule has 0 unspecified atom stereocenters. The molecular weight excluding hydrogens is 461 g/mol. The van der Waals surface area contributed by atoms with E-state index in [1.54, 1.807) is 21.3 Å². The number of rotatable bonds is 8. The Kier molecular flexibility index (Phi) is 10.8. The van der Waals surface area contributed by atoms with Crippen LogP contribution in [0.1, 0.15) is 25.3 Å². The largest absolute Gasteiger partial charge is 0.493 e. The van der Waals surface area contributed by atoms with E-state index < -0.39 is 0 Å². The van der Waals surface area contributed by atoms with E-state index in [2.05, 4.69) is 15.6 Å². The molecule has 1 aromatic carbocycles. The molecule has 1 heterocycles. The van der Waals surface area contributed by atoms with E-state index in [0.29, 0.717) is 24.6 Å². The fourth-order valence-electron chi connectivity index (χ4n) is 2.93. The van der Waals surface area contributed by atoms with Gasteiger partial charge >= 0.3 is 0 Å². The minimum atomic E-state index is -0.197. The molecule has 1 saturated heterocycles. The molecule has 8 heteroatoms. The first-order valence-corrected chi connectivity index (χ1v) is 9.02. The maximum absolute atomic E-state index is 5.77. The molecule has 0 radical (unpaired) electrons. The van der Waals surface area contributed by atoms with Gasteiger partial charge in [-0.05, 0) is 24.6 Å². The lowest BCUT2D eigenvalue weighted by Gasteiger charge is -2.36. The lowest BCUT2D eigenvalue weighted by molar-refractivity contribution is -0.0855. The van der Waals surface area contributed by atoms with Crippen LogP contribution in [0.25, 0.3) is 0 Å². The van der Waals surface area contributed by atoms with E-state index in [1.807, 2.05) is 25.1 Å². The predicted octanol–water partition coefficient (Wildman–Crippen LogP) is 2.57. The van der Waals surface area contributed by atoms with Crippen LogP contribution in [0.4, 0.5) is 0 Å². The van der Waals surface area contributed by atoms with Crippen LogP contribution in [0.15, 0.2) is 23.2 Å². The molecule has 0 atom stereocenters. The highest BCUT2D eigenvalue weighted by atomic mass is 127. The number of ether oxygens (including phenoxy) is 4. The third-order valence-electron chi connectivity index (χ3n) is 4.63. The van der Waals surface area contributed by atoms with E-state index in [4.69, 9.17) is 18.9 Å². The van der Waals surface area contributed by atoms with Gasteiger partial charge in [-0.2, -0.15) is 0 Å². The number of halogens is 1. The Morgan fingerprint density at radius 1 is 1.11 bits per heavy atom. The van der Waals surface area contributed by atoms with Gasteiger partial charge in [0.05, 0.1) is 26.4 Å². The third-order valence-corrected chi connectivity index (χ3v) is 4.63. The van der Waals surface area contributed by atoms with Gasteiger partial charge in [-0.3, -0.25) is 0 Å². The Bertz CT molecular complexity index is 592. The zero-order valence-electron chi connectivity index (χ0n) is 16.7. The van der Waals surface area contributed by atoms with Gasteiger partial charge in [-0.15, -0.1) is 24.0 Å². The van der Waals surface area contributed by atoms with Gasteiger partial charge in [0.15, 0.2) is 17.5 Å². The van der Waals surface area contributed by atoms with Crippen molar-refractivity contribution in [2.24, 2.45) is 4.99 Å². The number of guanidine groups is 1. The zero-order valence-corrected chi connectivity index (χ0v) is 19.0. The van der Waals surface area contributed by atoms with Crippen LogP contribution in [-0.4, -0.2) is 59.2 Å². The first-order valence-electron chi connectivity index (χ1n) is 9.02. The molecule has 1 fully saturated rings. The highest BCUT2D eigenvalue weighted by Gasteiger charge is 2.32. The summed E-state index contributed by atoms with van der Waals surface area (Å²) in [6.07, 6.45) is 1.76. The van der Waals surface area contributed by atoms with Gasteiger partial charge in [-0.25, -0.2) is 4.99 Å². The first-order chi connectivity index (χ1) is 12.7. The molecule has 0 saturated carbocycles. The summed E-state index contributed by atoms with van der Waals surface area (Å²) in [5.41, 5.74) is 0.852. The normalized spacial score (nSPS) is 16.2. The van der Waals surface area contributed by atoms with Gasteiger partial charge in [0.25, 0.3) is 0 Å². The van der Waals surface area contributed by atoms with Crippen molar-refractivity contribution in [2.45, 2.75) is 31.9 Å². The first kappa shape index (κ1) is 23.8. The van der Waals surface area contributed by atoms with Crippen molar-refractivity contribution in [3.63, 3.8) is 0 Å². The van der Waals surface area contributed by atoms with Crippen LogP contribution >= 0.6 is 24.0 Å². The van der Waals surface area contributed by atoms with Crippen molar-refractivity contribution in [1.29, 1.82) is 0 Å². The summed E-state index contributed by atoms with van der Waals surface area (Å²) in [6.45, 7) is 5.54. The number of nitrogens with zero attached hydrogens (tertiary/aromatic N) is 1. The van der Waals surface area contributed by atoms with Gasteiger partial charge in [0.1, 0.15) is 0 Å². The van der Waals surface area contributed by atoms with Gasteiger partial charge in [0.2, 0.25) is 0 Å². The lowest BCUT2D eigenvalue weighted by atomic mass is 9.94. The van der Waals surface area contributed by atoms with E-state index in [-0.39, 0.29) is 29.6 Å². The number of hydrogen-bond donors (Lipinski definition) is 2. The minimum absolute atomic E-state index is 0. The topological polar surface area (TPSA) is 73.3 Å². The molecule has 0 amide bonds. The van der Waals surface area contributed by atoms with Gasteiger partial charge in [0, 0.05) is 46.3 Å². The van der Waals surface area contributed by atoms with Crippen molar-refractivity contribution in [3.05, 3.63) is 23.8 Å². The van der Waals surface area contributed by atoms with Crippen LogP contribution < -0.4 is 20.1 Å². The summed E-state index contributed by atoms with van der Waals surface area (Å²) < 4.78 is 21.8. The van der Waals surface area contributed by atoms with Crippen molar-refractivity contribution in [2.75, 3.05) is 47.6 Å². The number of benzene rings is 1. The predicted molar refractivity (Wildman–Crippen MR) is 118 cm³/mol. The number of aliphatic imine (C=N–C) groups is 1. The average Bonchev–Trinajstić information content (AvgIpc) is 2.70. The molecule has 0 bridgehead atoms. The van der Waals surface area contributed by atoms with Crippen LogP contribution in [0, 0.1) is 0 Å². The monoisotopic (exact) mass is 493 g/mol. The van der Waals surface area contributed by atoms with Crippen molar-refractivity contribution < 1.29 is 18.9 Å². The third kappa shape index (κ3) is 7.00. The Labute approximate surface area is 179 Å². The molecule has 2 rings (SSSR count). The summed E-state index contributed by atoms with van der Waals surface area (Å²) in [7, 11) is 5.03.